The minimum Gasteiger partial charge on any atom is -0.375 e. The van der Waals surface area contributed by atoms with Gasteiger partial charge in [-0.15, -0.1) is 0 Å². The van der Waals surface area contributed by atoms with Crippen LogP contribution in [0.4, 0.5) is 0 Å². The molecule has 1 fully saturated rings. The molecule has 0 unspecified atom stereocenters. The monoisotopic (exact) mass is 356 g/mol. The van der Waals surface area contributed by atoms with Crippen LogP contribution in [0.5, 0.6) is 0 Å². The summed E-state index contributed by atoms with van der Waals surface area (Å²) in [5.74, 6) is 0.868. The summed E-state index contributed by atoms with van der Waals surface area (Å²) in [6.45, 7) is 9.16. The van der Waals surface area contributed by atoms with Crippen molar-refractivity contribution in [3.05, 3.63) is 16.4 Å². The maximum absolute atomic E-state index is 11.9. The van der Waals surface area contributed by atoms with Crippen molar-refractivity contribution in [1.82, 2.24) is 20.0 Å². The molecule has 1 aromatic heterocycles. The van der Waals surface area contributed by atoms with E-state index in [9.17, 15) is 4.79 Å². The molecular weight excluding hydrogens is 328 g/mol. The first-order chi connectivity index (χ1) is 11.4. The van der Waals surface area contributed by atoms with E-state index >= 15 is 0 Å². The van der Waals surface area contributed by atoms with Crippen LogP contribution in [0.15, 0.2) is 0 Å². The van der Waals surface area contributed by atoms with Crippen LogP contribution in [0, 0.1) is 11.8 Å². The standard InChI is InChI=1S/C17H29ClN4O2/c1-6-14-13(17(18)21(4)20-14)8-22-7-12(11(2)3)15(9-22)19-16(23)10-24-5/h11-12,15H,6-10H2,1-5H3,(H,19,23)/t12-,15+/m1/s1. The number of rotatable bonds is 7. The van der Waals surface area contributed by atoms with Gasteiger partial charge in [0.1, 0.15) is 11.8 Å². The third kappa shape index (κ3) is 4.29. The second kappa shape index (κ2) is 8.32. The van der Waals surface area contributed by atoms with Crippen LogP contribution in [-0.4, -0.2) is 53.4 Å². The summed E-state index contributed by atoms with van der Waals surface area (Å²) in [5, 5.41) is 8.31. The Morgan fingerprint density at radius 1 is 1.46 bits per heavy atom. The zero-order valence-corrected chi connectivity index (χ0v) is 16.1. The maximum atomic E-state index is 11.9. The average molecular weight is 357 g/mol. The number of halogens is 1. The van der Waals surface area contributed by atoms with Crippen LogP contribution in [0.1, 0.15) is 32.0 Å². The second-order valence-electron chi connectivity index (χ2n) is 6.90. The molecule has 136 valence electrons. The summed E-state index contributed by atoms with van der Waals surface area (Å²) in [4.78, 5) is 14.3. The predicted octanol–water partition coefficient (Wildman–Crippen LogP) is 1.85. The Morgan fingerprint density at radius 2 is 2.17 bits per heavy atom. The Balaban J connectivity index is 2.09. The zero-order chi connectivity index (χ0) is 17.9. The highest BCUT2D eigenvalue weighted by atomic mass is 35.5. The van der Waals surface area contributed by atoms with Crippen molar-refractivity contribution in [1.29, 1.82) is 0 Å². The van der Waals surface area contributed by atoms with Gasteiger partial charge in [-0.25, -0.2) is 0 Å². The fourth-order valence-electron chi connectivity index (χ4n) is 3.51. The SMILES string of the molecule is CCc1nn(C)c(Cl)c1CN1C[C@H](NC(=O)COC)[C@@H](C(C)C)C1. The van der Waals surface area contributed by atoms with Crippen LogP contribution in [0.25, 0.3) is 0 Å². The Kier molecular flexibility index (Phi) is 6.66. The molecule has 2 atom stereocenters. The number of hydrogen-bond acceptors (Lipinski definition) is 4. The molecule has 2 heterocycles. The Bertz CT molecular complexity index is 573. The van der Waals surface area contributed by atoms with E-state index in [2.05, 4.69) is 36.1 Å². The summed E-state index contributed by atoms with van der Waals surface area (Å²) >= 11 is 6.42. The number of carbonyl (C=O) groups excluding carboxylic acids is 1. The van der Waals surface area contributed by atoms with E-state index in [0.717, 1.165) is 37.3 Å². The lowest BCUT2D eigenvalue weighted by atomic mass is 9.91. The third-order valence-electron chi connectivity index (χ3n) is 4.79. The molecule has 0 saturated carbocycles. The molecule has 1 aromatic rings. The highest BCUT2D eigenvalue weighted by Crippen LogP contribution is 2.28. The molecule has 2 rings (SSSR count). The van der Waals surface area contributed by atoms with Gasteiger partial charge in [0.2, 0.25) is 5.91 Å². The van der Waals surface area contributed by atoms with Crippen LogP contribution in [0.3, 0.4) is 0 Å². The summed E-state index contributed by atoms with van der Waals surface area (Å²) in [6, 6.07) is 0.146. The number of nitrogens with zero attached hydrogens (tertiary/aromatic N) is 3. The van der Waals surface area contributed by atoms with Gasteiger partial charge < -0.3 is 10.1 Å². The van der Waals surface area contributed by atoms with E-state index in [-0.39, 0.29) is 18.6 Å². The zero-order valence-electron chi connectivity index (χ0n) is 15.3. The van der Waals surface area contributed by atoms with Gasteiger partial charge in [0.15, 0.2) is 0 Å². The first kappa shape index (κ1) is 19.2. The van der Waals surface area contributed by atoms with Gasteiger partial charge in [-0.2, -0.15) is 5.10 Å². The lowest BCUT2D eigenvalue weighted by molar-refractivity contribution is -0.125. The molecule has 24 heavy (non-hydrogen) atoms. The van der Waals surface area contributed by atoms with Gasteiger partial charge in [-0.3, -0.25) is 14.4 Å². The van der Waals surface area contributed by atoms with Crippen molar-refractivity contribution in [3.63, 3.8) is 0 Å². The van der Waals surface area contributed by atoms with Crippen LogP contribution in [0.2, 0.25) is 5.15 Å². The fourth-order valence-corrected chi connectivity index (χ4v) is 3.72. The minimum absolute atomic E-state index is 0.0522. The largest absolute Gasteiger partial charge is 0.375 e. The second-order valence-corrected chi connectivity index (χ2v) is 7.26. The van der Waals surface area contributed by atoms with Crippen molar-refractivity contribution in [2.45, 2.75) is 39.8 Å². The van der Waals surface area contributed by atoms with Gasteiger partial charge in [0.05, 0.1) is 5.69 Å². The lowest BCUT2D eigenvalue weighted by Gasteiger charge is -2.22. The highest BCUT2D eigenvalue weighted by molar-refractivity contribution is 6.30. The van der Waals surface area contributed by atoms with E-state index < -0.39 is 0 Å². The Labute approximate surface area is 149 Å². The molecular formula is C17H29ClN4O2. The highest BCUT2D eigenvalue weighted by Gasteiger charge is 2.36. The van der Waals surface area contributed by atoms with E-state index in [1.807, 2.05) is 7.05 Å². The van der Waals surface area contributed by atoms with Crippen LogP contribution >= 0.6 is 11.6 Å². The number of amides is 1. The fraction of sp³-hybridized carbons (Fsp3) is 0.765. The number of aryl methyl sites for hydroxylation is 2. The molecule has 7 heteroatoms. The summed E-state index contributed by atoms with van der Waals surface area (Å²) in [7, 11) is 3.41. The summed E-state index contributed by atoms with van der Waals surface area (Å²) in [6.07, 6.45) is 0.866. The summed E-state index contributed by atoms with van der Waals surface area (Å²) < 4.78 is 6.67. The van der Waals surface area contributed by atoms with Gasteiger partial charge in [0, 0.05) is 45.4 Å². The van der Waals surface area contributed by atoms with Gasteiger partial charge in [-0.05, 0) is 18.3 Å². The van der Waals surface area contributed by atoms with Gasteiger partial charge in [0.25, 0.3) is 0 Å². The van der Waals surface area contributed by atoms with E-state index in [4.69, 9.17) is 16.3 Å². The van der Waals surface area contributed by atoms with E-state index in [0.29, 0.717) is 17.0 Å². The molecule has 1 saturated heterocycles. The van der Waals surface area contributed by atoms with Crippen molar-refractivity contribution >= 4 is 17.5 Å². The van der Waals surface area contributed by atoms with Gasteiger partial charge >= 0.3 is 0 Å². The number of ether oxygens (including phenoxy) is 1. The molecule has 0 bridgehead atoms. The smallest absolute Gasteiger partial charge is 0.246 e. The molecule has 0 radical (unpaired) electrons. The molecule has 1 amide bonds. The van der Waals surface area contributed by atoms with Crippen molar-refractivity contribution in [3.8, 4) is 0 Å². The molecule has 1 N–H and O–H groups in total. The van der Waals surface area contributed by atoms with E-state index in [1.165, 1.54) is 7.11 Å². The molecule has 6 nitrogen and oxygen atoms in total. The Hall–Kier alpha value is -1.11. The van der Waals surface area contributed by atoms with Crippen LogP contribution < -0.4 is 5.32 Å². The quantitative estimate of drug-likeness (QED) is 0.810. The van der Waals surface area contributed by atoms with E-state index in [1.54, 1.807) is 4.68 Å². The first-order valence-electron chi connectivity index (χ1n) is 8.58. The number of methoxy groups -OCH3 is 1. The normalized spacial score (nSPS) is 21.6. The predicted molar refractivity (Wildman–Crippen MR) is 95.0 cm³/mol. The maximum Gasteiger partial charge on any atom is 0.246 e. The van der Waals surface area contributed by atoms with Crippen molar-refractivity contribution in [2.24, 2.45) is 18.9 Å². The number of likely N-dealkylation sites (tertiary alicyclic amines) is 1. The number of carbonyl (C=O) groups is 1. The van der Waals surface area contributed by atoms with Gasteiger partial charge in [-0.1, -0.05) is 32.4 Å². The number of nitrogens with one attached hydrogen (secondary N) is 1. The first-order valence-corrected chi connectivity index (χ1v) is 8.96. The number of aromatic nitrogens is 2. The average Bonchev–Trinajstić information content (AvgIpc) is 3.03. The molecule has 1 aliphatic heterocycles. The van der Waals surface area contributed by atoms with Crippen LogP contribution in [-0.2, 0) is 29.5 Å². The third-order valence-corrected chi connectivity index (χ3v) is 5.26. The molecule has 1 aliphatic rings. The molecule has 0 spiro atoms. The molecule has 0 aliphatic carbocycles. The van der Waals surface area contributed by atoms with Crippen molar-refractivity contribution < 1.29 is 9.53 Å². The lowest BCUT2D eigenvalue weighted by Crippen LogP contribution is -2.43. The summed E-state index contributed by atoms with van der Waals surface area (Å²) in [5.41, 5.74) is 2.16. The number of hydrogen-bond donors (Lipinski definition) is 1. The topological polar surface area (TPSA) is 59.4 Å². The molecule has 0 aromatic carbocycles. The minimum atomic E-state index is -0.0522. The van der Waals surface area contributed by atoms with Crippen molar-refractivity contribution in [2.75, 3.05) is 26.8 Å². The Morgan fingerprint density at radius 3 is 2.75 bits per heavy atom.